The molecule has 4 fully saturated rings. The molecule has 0 saturated heterocycles. The minimum Gasteiger partial charge on any atom is -0.484 e. The zero-order valence-corrected chi connectivity index (χ0v) is 22.5. The number of hydrogen-bond donors (Lipinski definition) is 1. The molecule has 0 spiro atoms. The first-order valence-electron chi connectivity index (χ1n) is 13.8. The number of ether oxygens (including phenoxy) is 3. The van der Waals surface area contributed by atoms with E-state index in [1.54, 1.807) is 36.6 Å². The largest absolute Gasteiger partial charge is 0.484 e. The summed E-state index contributed by atoms with van der Waals surface area (Å²) in [6.45, 7) is 0.00789. The molecule has 8 heteroatoms. The van der Waals surface area contributed by atoms with E-state index in [9.17, 15) is 14.4 Å². The van der Waals surface area contributed by atoms with Gasteiger partial charge >= 0.3 is 11.9 Å². The summed E-state index contributed by atoms with van der Waals surface area (Å²) < 4.78 is 21.6. The zero-order chi connectivity index (χ0) is 27.7. The van der Waals surface area contributed by atoms with Gasteiger partial charge in [-0.1, -0.05) is 18.2 Å². The summed E-state index contributed by atoms with van der Waals surface area (Å²) in [6.07, 6.45) is 7.56. The lowest BCUT2D eigenvalue weighted by Crippen LogP contribution is -2.57. The lowest BCUT2D eigenvalue weighted by molar-refractivity contribution is -0.176. The molecule has 2 aromatic carbocycles. The molecule has 4 saturated carbocycles. The van der Waals surface area contributed by atoms with Crippen molar-refractivity contribution in [3.05, 3.63) is 83.8 Å². The van der Waals surface area contributed by atoms with E-state index in [0.717, 1.165) is 32.1 Å². The predicted molar refractivity (Wildman–Crippen MR) is 146 cm³/mol. The van der Waals surface area contributed by atoms with Crippen LogP contribution in [-0.4, -0.2) is 31.6 Å². The predicted octanol–water partition coefficient (Wildman–Crippen LogP) is 5.67. The molecule has 0 aliphatic heterocycles. The summed E-state index contributed by atoms with van der Waals surface area (Å²) >= 11 is 0. The molecule has 4 aliphatic rings. The van der Waals surface area contributed by atoms with Crippen molar-refractivity contribution < 1.29 is 33.0 Å². The minimum absolute atomic E-state index is 0.0473. The fourth-order valence-electron chi connectivity index (χ4n) is 7.62. The Morgan fingerprint density at radius 2 is 1.75 bits per heavy atom. The first-order valence-corrected chi connectivity index (χ1v) is 13.8. The normalized spacial score (nSPS) is 26.2. The van der Waals surface area contributed by atoms with Gasteiger partial charge in [-0.05, 0) is 104 Å². The highest BCUT2D eigenvalue weighted by Gasteiger charge is 2.61. The Morgan fingerprint density at radius 3 is 2.45 bits per heavy atom. The Labute approximate surface area is 233 Å². The van der Waals surface area contributed by atoms with Gasteiger partial charge in [-0.2, -0.15) is 0 Å². The van der Waals surface area contributed by atoms with Gasteiger partial charge in [0.05, 0.1) is 24.4 Å². The molecule has 0 radical (unpaired) electrons. The molecule has 208 valence electrons. The minimum atomic E-state index is -0.469. The average Bonchev–Trinajstić information content (AvgIpc) is 3.48. The maximum absolute atomic E-state index is 13.4. The van der Waals surface area contributed by atoms with Crippen molar-refractivity contribution in [2.75, 3.05) is 19.0 Å². The van der Waals surface area contributed by atoms with E-state index >= 15 is 0 Å². The molecule has 1 heterocycles. The number of hydrogen-bond acceptors (Lipinski definition) is 7. The topological polar surface area (TPSA) is 104 Å². The fourth-order valence-corrected chi connectivity index (χ4v) is 7.62. The number of furan rings is 1. The smallest absolute Gasteiger partial charge is 0.337 e. The molecule has 40 heavy (non-hydrogen) atoms. The van der Waals surface area contributed by atoms with Crippen LogP contribution in [-0.2, 0) is 31.1 Å². The molecule has 8 nitrogen and oxygen atoms in total. The van der Waals surface area contributed by atoms with Gasteiger partial charge in [0.15, 0.2) is 6.61 Å². The van der Waals surface area contributed by atoms with Crippen molar-refractivity contribution in [3.8, 4) is 5.75 Å². The Morgan fingerprint density at radius 1 is 0.975 bits per heavy atom. The van der Waals surface area contributed by atoms with Crippen LogP contribution in [0.5, 0.6) is 5.75 Å². The lowest BCUT2D eigenvalue weighted by Gasteiger charge is -2.61. The summed E-state index contributed by atoms with van der Waals surface area (Å²) in [5.41, 5.74) is 1.59. The van der Waals surface area contributed by atoms with Crippen LogP contribution in [0.1, 0.15) is 60.2 Å². The number of methoxy groups -OCH3 is 1. The number of carbonyl (C=O) groups is 3. The van der Waals surface area contributed by atoms with Gasteiger partial charge in [0.1, 0.15) is 18.1 Å². The Balaban J connectivity index is 1.09. The van der Waals surface area contributed by atoms with E-state index in [1.165, 1.54) is 19.1 Å². The summed E-state index contributed by atoms with van der Waals surface area (Å²) in [5, 5.41) is 2.74. The van der Waals surface area contributed by atoms with Crippen LogP contribution < -0.4 is 10.1 Å². The van der Waals surface area contributed by atoms with Gasteiger partial charge in [-0.15, -0.1) is 0 Å². The molecular formula is C32H33NO7. The van der Waals surface area contributed by atoms with E-state index in [4.69, 9.17) is 18.6 Å². The molecule has 3 aromatic rings. The van der Waals surface area contributed by atoms with Gasteiger partial charge < -0.3 is 23.9 Å². The average molecular weight is 544 g/mol. The third-order valence-corrected chi connectivity index (χ3v) is 8.82. The van der Waals surface area contributed by atoms with Crippen molar-refractivity contribution in [2.24, 2.45) is 17.3 Å². The highest BCUT2D eigenvalue weighted by Crippen LogP contribution is 2.66. The van der Waals surface area contributed by atoms with Crippen molar-refractivity contribution in [1.29, 1.82) is 0 Å². The molecule has 1 amide bonds. The van der Waals surface area contributed by atoms with Gasteiger partial charge in [0.2, 0.25) is 0 Å². The van der Waals surface area contributed by atoms with Crippen molar-refractivity contribution in [3.63, 3.8) is 0 Å². The third-order valence-electron chi connectivity index (χ3n) is 8.82. The van der Waals surface area contributed by atoms with Gasteiger partial charge in [0.25, 0.3) is 5.91 Å². The molecule has 4 aliphatic carbocycles. The Bertz CT molecular complexity index is 1380. The highest BCUT2D eigenvalue weighted by atomic mass is 16.5. The second kappa shape index (κ2) is 10.5. The van der Waals surface area contributed by atoms with E-state index in [2.05, 4.69) is 17.4 Å². The first-order chi connectivity index (χ1) is 19.4. The number of esters is 2. The van der Waals surface area contributed by atoms with Gasteiger partial charge in [-0.25, -0.2) is 4.79 Å². The van der Waals surface area contributed by atoms with E-state index in [1.807, 2.05) is 18.2 Å². The zero-order valence-electron chi connectivity index (χ0n) is 22.5. The molecule has 1 aromatic heterocycles. The van der Waals surface area contributed by atoms with Crippen LogP contribution in [0.4, 0.5) is 5.69 Å². The maximum Gasteiger partial charge on any atom is 0.337 e. The second-order valence-corrected chi connectivity index (χ2v) is 11.6. The van der Waals surface area contributed by atoms with Gasteiger partial charge in [0, 0.05) is 5.69 Å². The monoisotopic (exact) mass is 543 g/mol. The molecule has 7 rings (SSSR count). The number of nitrogens with one attached hydrogen (secondary N) is 1. The molecular weight excluding hydrogens is 510 g/mol. The summed E-state index contributed by atoms with van der Waals surface area (Å²) in [5.74, 6) is 1.41. The summed E-state index contributed by atoms with van der Waals surface area (Å²) in [6, 6.07) is 18.2. The van der Waals surface area contributed by atoms with E-state index in [0.29, 0.717) is 34.6 Å². The molecule has 2 atom stereocenters. The number of anilines is 1. The first kappa shape index (κ1) is 26.2. The second-order valence-electron chi connectivity index (χ2n) is 11.6. The standard InChI is InChI=1S/C32H33NO7/c1-37-29(35)23-4-2-5-25(13-23)33-28(34)19-39-26-9-7-24(8-10-26)31-14-21-12-22(15-31)17-32(16-21,20-31)30(36)40-18-27-6-3-11-38-27/h2-11,13,21-22H,12,14-20H2,1H3,(H,33,34). The third kappa shape index (κ3) is 5.10. The molecule has 1 N–H and O–H groups in total. The number of rotatable bonds is 9. The SMILES string of the molecule is COC(=O)c1cccc(NC(=O)COc2ccc(C34CC5CC(CC(C(=O)OCc6ccco6)(C5)C3)C4)cc2)c1. The van der Waals surface area contributed by atoms with Crippen LogP contribution in [0.15, 0.2) is 71.3 Å². The number of carbonyl (C=O) groups excluding carboxylic acids is 3. The molecule has 2 unspecified atom stereocenters. The van der Waals surface area contributed by atoms with Crippen LogP contribution in [0, 0.1) is 17.3 Å². The Hall–Kier alpha value is -4.07. The number of amides is 1. The summed E-state index contributed by atoms with van der Waals surface area (Å²) in [4.78, 5) is 37.6. The number of benzene rings is 2. The summed E-state index contributed by atoms with van der Waals surface area (Å²) in [7, 11) is 1.31. The fraction of sp³-hybridized carbons (Fsp3) is 0.406. The van der Waals surface area contributed by atoms with Gasteiger partial charge in [-0.3, -0.25) is 9.59 Å². The van der Waals surface area contributed by atoms with Crippen LogP contribution in [0.25, 0.3) is 0 Å². The van der Waals surface area contributed by atoms with Crippen LogP contribution >= 0.6 is 0 Å². The Kier molecular flexibility index (Phi) is 6.86. The van der Waals surface area contributed by atoms with Crippen molar-refractivity contribution in [2.45, 2.75) is 50.5 Å². The van der Waals surface area contributed by atoms with Crippen LogP contribution in [0.2, 0.25) is 0 Å². The van der Waals surface area contributed by atoms with Crippen molar-refractivity contribution >= 4 is 23.5 Å². The lowest BCUT2D eigenvalue weighted by atomic mass is 9.43. The quantitative estimate of drug-likeness (QED) is 0.347. The van der Waals surface area contributed by atoms with E-state index in [-0.39, 0.29) is 30.5 Å². The highest BCUT2D eigenvalue weighted by molar-refractivity contribution is 5.95. The van der Waals surface area contributed by atoms with Crippen LogP contribution in [0.3, 0.4) is 0 Å². The molecule has 4 bridgehead atoms. The van der Waals surface area contributed by atoms with Crippen molar-refractivity contribution in [1.82, 2.24) is 0 Å². The maximum atomic E-state index is 13.4. The van der Waals surface area contributed by atoms with E-state index < -0.39 is 11.4 Å².